The van der Waals surface area contributed by atoms with Gasteiger partial charge in [0, 0.05) is 11.9 Å². The Morgan fingerprint density at radius 1 is 1.33 bits per heavy atom. The van der Waals surface area contributed by atoms with E-state index in [1.54, 1.807) is 0 Å². The quantitative estimate of drug-likeness (QED) is 0.882. The SMILES string of the molecule is CN(Cc1ccc(Cl)s1)c1ncnc(Cl)c1CO. The third kappa shape index (κ3) is 2.92. The van der Waals surface area contributed by atoms with Crippen LogP contribution in [0.1, 0.15) is 10.4 Å². The molecule has 2 rings (SSSR count). The average Bonchev–Trinajstić information content (AvgIpc) is 2.74. The monoisotopic (exact) mass is 303 g/mol. The van der Waals surface area contributed by atoms with Gasteiger partial charge in [0.25, 0.3) is 0 Å². The van der Waals surface area contributed by atoms with E-state index >= 15 is 0 Å². The molecule has 0 bridgehead atoms. The highest BCUT2D eigenvalue weighted by Crippen LogP contribution is 2.26. The molecule has 96 valence electrons. The van der Waals surface area contributed by atoms with Crippen LogP contribution in [0.2, 0.25) is 9.49 Å². The molecule has 2 heterocycles. The Morgan fingerprint density at radius 2 is 2.11 bits per heavy atom. The average molecular weight is 304 g/mol. The molecule has 2 aromatic heterocycles. The largest absolute Gasteiger partial charge is 0.391 e. The molecule has 1 N–H and O–H groups in total. The number of nitrogens with zero attached hydrogens (tertiary/aromatic N) is 3. The normalized spacial score (nSPS) is 10.7. The standard InChI is InChI=1S/C11H11Cl2N3OS/c1-16(4-7-2-3-9(12)18-7)11-8(5-17)10(13)14-6-15-11/h2-3,6,17H,4-5H2,1H3. The second-order valence-electron chi connectivity index (χ2n) is 3.69. The fraction of sp³-hybridized carbons (Fsp3) is 0.273. The first-order valence-corrected chi connectivity index (χ1v) is 6.74. The van der Waals surface area contributed by atoms with Crippen molar-refractivity contribution in [3.63, 3.8) is 0 Å². The topological polar surface area (TPSA) is 49.2 Å². The van der Waals surface area contributed by atoms with Crippen molar-refractivity contribution in [1.82, 2.24) is 9.97 Å². The van der Waals surface area contributed by atoms with Crippen LogP contribution in [0, 0.1) is 0 Å². The summed E-state index contributed by atoms with van der Waals surface area (Å²) in [4.78, 5) is 11.0. The van der Waals surface area contributed by atoms with E-state index in [0.29, 0.717) is 17.9 Å². The van der Waals surface area contributed by atoms with Crippen LogP contribution < -0.4 is 4.90 Å². The number of anilines is 1. The first-order chi connectivity index (χ1) is 8.61. The molecule has 2 aromatic rings. The third-order valence-electron chi connectivity index (χ3n) is 2.41. The molecule has 0 amide bonds. The van der Waals surface area contributed by atoms with E-state index < -0.39 is 0 Å². The summed E-state index contributed by atoms with van der Waals surface area (Å²) in [5.41, 5.74) is 0.532. The molecule has 0 radical (unpaired) electrons. The summed E-state index contributed by atoms with van der Waals surface area (Å²) < 4.78 is 0.751. The lowest BCUT2D eigenvalue weighted by atomic mass is 10.3. The molecule has 0 aliphatic carbocycles. The number of halogens is 2. The van der Waals surface area contributed by atoms with Gasteiger partial charge in [-0.05, 0) is 12.1 Å². The summed E-state index contributed by atoms with van der Waals surface area (Å²) in [6, 6.07) is 3.82. The van der Waals surface area contributed by atoms with Crippen LogP contribution in [0.15, 0.2) is 18.5 Å². The van der Waals surface area contributed by atoms with Gasteiger partial charge in [-0.15, -0.1) is 11.3 Å². The highest BCUT2D eigenvalue weighted by molar-refractivity contribution is 7.16. The minimum atomic E-state index is -0.190. The predicted molar refractivity (Wildman–Crippen MR) is 74.4 cm³/mol. The highest BCUT2D eigenvalue weighted by Gasteiger charge is 2.13. The molecule has 0 aliphatic heterocycles. The van der Waals surface area contributed by atoms with E-state index in [1.807, 2.05) is 24.1 Å². The van der Waals surface area contributed by atoms with Gasteiger partial charge in [0.1, 0.15) is 17.3 Å². The molecule has 0 saturated carbocycles. The van der Waals surface area contributed by atoms with E-state index in [4.69, 9.17) is 23.2 Å². The van der Waals surface area contributed by atoms with Gasteiger partial charge in [-0.3, -0.25) is 0 Å². The zero-order chi connectivity index (χ0) is 13.1. The Labute approximate surface area is 119 Å². The fourth-order valence-corrected chi connectivity index (χ4v) is 2.92. The molecule has 0 unspecified atom stereocenters. The fourth-order valence-electron chi connectivity index (χ4n) is 1.59. The summed E-state index contributed by atoms with van der Waals surface area (Å²) >= 11 is 13.3. The van der Waals surface area contributed by atoms with Gasteiger partial charge in [-0.1, -0.05) is 23.2 Å². The van der Waals surface area contributed by atoms with Crippen LogP contribution in [-0.4, -0.2) is 22.1 Å². The molecule has 4 nitrogen and oxygen atoms in total. The minimum Gasteiger partial charge on any atom is -0.391 e. The molecule has 0 atom stereocenters. The Morgan fingerprint density at radius 3 is 2.72 bits per heavy atom. The van der Waals surface area contributed by atoms with Gasteiger partial charge in [-0.2, -0.15) is 0 Å². The van der Waals surface area contributed by atoms with Crippen LogP contribution in [0.5, 0.6) is 0 Å². The van der Waals surface area contributed by atoms with Crippen LogP contribution in [0.25, 0.3) is 0 Å². The third-order valence-corrected chi connectivity index (χ3v) is 3.95. The maximum absolute atomic E-state index is 9.31. The zero-order valence-corrected chi connectivity index (χ0v) is 11.9. The lowest BCUT2D eigenvalue weighted by molar-refractivity contribution is 0.281. The van der Waals surface area contributed by atoms with Crippen molar-refractivity contribution in [3.05, 3.63) is 38.4 Å². The van der Waals surface area contributed by atoms with Crippen LogP contribution in [0.3, 0.4) is 0 Å². The summed E-state index contributed by atoms with van der Waals surface area (Å²) in [5.74, 6) is 0.627. The van der Waals surface area contributed by atoms with Crippen LogP contribution in [-0.2, 0) is 13.2 Å². The smallest absolute Gasteiger partial charge is 0.140 e. The molecule has 0 saturated heterocycles. The van der Waals surface area contributed by atoms with Gasteiger partial charge < -0.3 is 10.0 Å². The summed E-state index contributed by atoms with van der Waals surface area (Å²) in [7, 11) is 1.88. The number of rotatable bonds is 4. The van der Waals surface area contributed by atoms with Crippen molar-refractivity contribution in [1.29, 1.82) is 0 Å². The van der Waals surface area contributed by atoms with Crippen molar-refractivity contribution in [2.24, 2.45) is 0 Å². The Hall–Kier alpha value is -0.880. The van der Waals surface area contributed by atoms with Crippen molar-refractivity contribution in [2.45, 2.75) is 13.2 Å². The highest BCUT2D eigenvalue weighted by atomic mass is 35.5. The first-order valence-electron chi connectivity index (χ1n) is 5.17. The van der Waals surface area contributed by atoms with E-state index in [2.05, 4.69) is 9.97 Å². The van der Waals surface area contributed by atoms with Crippen LogP contribution in [0.4, 0.5) is 5.82 Å². The summed E-state index contributed by atoms with van der Waals surface area (Å²) in [5, 5.41) is 9.59. The molecule has 0 aromatic carbocycles. The number of aliphatic hydroxyl groups is 1. The van der Waals surface area contributed by atoms with Crippen molar-refractivity contribution in [2.75, 3.05) is 11.9 Å². The maximum atomic E-state index is 9.31. The molecule has 18 heavy (non-hydrogen) atoms. The second-order valence-corrected chi connectivity index (χ2v) is 5.84. The van der Waals surface area contributed by atoms with Gasteiger partial charge >= 0.3 is 0 Å². The minimum absolute atomic E-state index is 0.190. The Balaban J connectivity index is 2.23. The van der Waals surface area contributed by atoms with Crippen LogP contribution >= 0.6 is 34.5 Å². The van der Waals surface area contributed by atoms with Gasteiger partial charge in [-0.25, -0.2) is 9.97 Å². The van der Waals surface area contributed by atoms with Gasteiger partial charge in [0.15, 0.2) is 0 Å². The molecular formula is C11H11Cl2N3OS. The number of hydrogen-bond donors (Lipinski definition) is 1. The van der Waals surface area contributed by atoms with Crippen molar-refractivity contribution in [3.8, 4) is 0 Å². The molecule has 0 spiro atoms. The summed E-state index contributed by atoms with van der Waals surface area (Å²) in [6.07, 6.45) is 1.38. The molecular weight excluding hydrogens is 293 g/mol. The Kier molecular flexibility index (Phi) is 4.40. The lowest BCUT2D eigenvalue weighted by Crippen LogP contribution is -2.19. The number of thiophene rings is 1. The molecule has 7 heteroatoms. The molecule has 0 fully saturated rings. The first kappa shape index (κ1) is 13.5. The van der Waals surface area contributed by atoms with E-state index in [-0.39, 0.29) is 11.8 Å². The van der Waals surface area contributed by atoms with Crippen molar-refractivity contribution < 1.29 is 5.11 Å². The number of aromatic nitrogens is 2. The van der Waals surface area contributed by atoms with E-state index in [1.165, 1.54) is 17.7 Å². The predicted octanol–water partition coefficient (Wildman–Crippen LogP) is 2.97. The second kappa shape index (κ2) is 5.84. The molecule has 0 aliphatic rings. The van der Waals surface area contributed by atoms with E-state index in [9.17, 15) is 5.11 Å². The Bertz CT molecular complexity index is 547. The number of aliphatic hydroxyl groups excluding tert-OH is 1. The zero-order valence-electron chi connectivity index (χ0n) is 9.60. The van der Waals surface area contributed by atoms with Crippen molar-refractivity contribution >= 4 is 40.4 Å². The number of hydrogen-bond acceptors (Lipinski definition) is 5. The lowest BCUT2D eigenvalue weighted by Gasteiger charge is -2.19. The van der Waals surface area contributed by atoms with E-state index in [0.717, 1.165) is 9.21 Å². The van der Waals surface area contributed by atoms with Gasteiger partial charge in [0.05, 0.1) is 23.1 Å². The summed E-state index contributed by atoms with van der Waals surface area (Å²) in [6.45, 7) is 0.461. The van der Waals surface area contributed by atoms with Gasteiger partial charge in [0.2, 0.25) is 0 Å². The maximum Gasteiger partial charge on any atom is 0.140 e.